The van der Waals surface area contributed by atoms with Crippen molar-refractivity contribution in [3.8, 4) is 6.07 Å². The Labute approximate surface area is 150 Å². The van der Waals surface area contributed by atoms with Crippen LogP contribution in [-0.2, 0) is 20.4 Å². The highest BCUT2D eigenvalue weighted by Gasteiger charge is 2.28. The zero-order valence-electron chi connectivity index (χ0n) is 13.7. The van der Waals surface area contributed by atoms with Crippen LogP contribution in [0.4, 0.5) is 0 Å². The summed E-state index contributed by atoms with van der Waals surface area (Å²) in [6.07, 6.45) is 1.28. The van der Waals surface area contributed by atoms with Crippen LogP contribution < -0.4 is 10.6 Å². The highest BCUT2D eigenvalue weighted by Crippen LogP contribution is 2.08. The molecule has 0 bridgehead atoms. The molecule has 0 aliphatic rings. The summed E-state index contributed by atoms with van der Waals surface area (Å²) in [7, 11) is -3.71. The fraction of sp³-hybridized carbons (Fsp3) is 0.235. The van der Waals surface area contributed by atoms with Gasteiger partial charge in [0.05, 0.1) is 23.8 Å². The number of furan rings is 1. The highest BCUT2D eigenvalue weighted by atomic mass is 32.2. The summed E-state index contributed by atoms with van der Waals surface area (Å²) >= 11 is 0. The predicted molar refractivity (Wildman–Crippen MR) is 92.5 cm³/mol. The lowest BCUT2D eigenvalue weighted by molar-refractivity contribution is -0.122. The van der Waals surface area contributed by atoms with Gasteiger partial charge in [-0.25, -0.2) is 8.42 Å². The maximum absolute atomic E-state index is 12.4. The molecule has 1 heterocycles. The van der Waals surface area contributed by atoms with E-state index >= 15 is 0 Å². The zero-order chi connectivity index (χ0) is 19.0. The molecule has 1 aromatic carbocycles. The largest absolute Gasteiger partial charge is 0.459 e. The molecule has 0 radical (unpaired) electrons. The third-order valence-electron chi connectivity index (χ3n) is 3.36. The van der Waals surface area contributed by atoms with Gasteiger partial charge in [-0.1, -0.05) is 30.3 Å². The van der Waals surface area contributed by atoms with Crippen molar-refractivity contribution in [2.24, 2.45) is 0 Å². The minimum absolute atomic E-state index is 0.0523. The number of hydrogen-bond donors (Lipinski definition) is 2. The van der Waals surface area contributed by atoms with E-state index in [9.17, 15) is 18.0 Å². The van der Waals surface area contributed by atoms with Gasteiger partial charge in [-0.2, -0.15) is 5.26 Å². The van der Waals surface area contributed by atoms with Crippen LogP contribution in [0.5, 0.6) is 0 Å². The normalized spacial score (nSPS) is 12.0. The molecule has 26 heavy (non-hydrogen) atoms. The van der Waals surface area contributed by atoms with Gasteiger partial charge in [-0.15, -0.1) is 0 Å². The molecule has 2 N–H and O–H groups in total. The van der Waals surface area contributed by atoms with E-state index in [1.165, 1.54) is 18.4 Å². The van der Waals surface area contributed by atoms with Crippen LogP contribution in [0.2, 0.25) is 0 Å². The molecule has 9 heteroatoms. The lowest BCUT2D eigenvalue weighted by atomic mass is 10.2. The van der Waals surface area contributed by atoms with Gasteiger partial charge in [0, 0.05) is 0 Å². The molecule has 0 spiro atoms. The van der Waals surface area contributed by atoms with Crippen LogP contribution in [0.25, 0.3) is 0 Å². The van der Waals surface area contributed by atoms with Crippen molar-refractivity contribution in [1.29, 1.82) is 5.26 Å². The molecule has 136 valence electrons. The zero-order valence-corrected chi connectivity index (χ0v) is 14.5. The van der Waals surface area contributed by atoms with Crippen LogP contribution >= 0.6 is 0 Å². The molecule has 0 unspecified atom stereocenters. The summed E-state index contributed by atoms with van der Waals surface area (Å²) in [4.78, 5) is 24.3. The first-order valence-electron chi connectivity index (χ1n) is 7.64. The SMILES string of the molecule is N#CCNC(=O)[C@H](CS(=O)(=O)Cc1ccccc1)NC(=O)c1ccco1. The number of nitrogens with one attached hydrogen (secondary N) is 2. The Balaban J connectivity index is 2.13. The van der Waals surface area contributed by atoms with Gasteiger partial charge in [-0.05, 0) is 17.7 Å². The third-order valence-corrected chi connectivity index (χ3v) is 4.97. The Morgan fingerprint density at radius 2 is 1.88 bits per heavy atom. The van der Waals surface area contributed by atoms with E-state index in [1.54, 1.807) is 36.4 Å². The number of benzene rings is 1. The molecule has 0 saturated heterocycles. The Hall–Kier alpha value is -3.12. The Morgan fingerprint density at radius 1 is 1.15 bits per heavy atom. The monoisotopic (exact) mass is 375 g/mol. The quantitative estimate of drug-likeness (QED) is 0.651. The summed E-state index contributed by atoms with van der Waals surface area (Å²) in [6.45, 7) is -0.301. The number of carbonyl (C=O) groups excluding carboxylic acids is 2. The van der Waals surface area contributed by atoms with E-state index in [-0.39, 0.29) is 18.1 Å². The summed E-state index contributed by atoms with van der Waals surface area (Å²) in [6, 6.07) is 11.7. The molecule has 8 nitrogen and oxygen atoms in total. The van der Waals surface area contributed by atoms with Crippen molar-refractivity contribution in [2.75, 3.05) is 12.3 Å². The first-order chi connectivity index (χ1) is 12.4. The van der Waals surface area contributed by atoms with Crippen LogP contribution in [0.1, 0.15) is 16.1 Å². The molecular formula is C17H17N3O5S. The molecule has 1 atom stereocenters. The number of nitrogens with zero attached hydrogens (tertiary/aromatic N) is 1. The molecule has 0 aliphatic carbocycles. The topological polar surface area (TPSA) is 129 Å². The van der Waals surface area contributed by atoms with Gasteiger partial charge in [0.25, 0.3) is 5.91 Å². The molecule has 2 aromatic rings. The predicted octanol–water partition coefficient (Wildman–Crippen LogP) is 0.633. The Kier molecular flexibility index (Phi) is 6.52. The lowest BCUT2D eigenvalue weighted by Gasteiger charge is -2.17. The van der Waals surface area contributed by atoms with E-state index in [2.05, 4.69) is 10.6 Å². The second-order valence-electron chi connectivity index (χ2n) is 5.42. The van der Waals surface area contributed by atoms with Crippen molar-refractivity contribution in [3.05, 3.63) is 60.1 Å². The molecular weight excluding hydrogens is 358 g/mol. The van der Waals surface area contributed by atoms with Gasteiger partial charge < -0.3 is 15.1 Å². The minimum Gasteiger partial charge on any atom is -0.459 e. The molecule has 0 aliphatic heterocycles. The van der Waals surface area contributed by atoms with Crippen molar-refractivity contribution < 1.29 is 22.4 Å². The first kappa shape index (κ1) is 19.2. The van der Waals surface area contributed by atoms with E-state index in [0.29, 0.717) is 5.56 Å². The summed E-state index contributed by atoms with van der Waals surface area (Å²) < 4.78 is 29.8. The van der Waals surface area contributed by atoms with Crippen LogP contribution in [-0.4, -0.2) is 38.6 Å². The van der Waals surface area contributed by atoms with E-state index < -0.39 is 33.4 Å². The fourth-order valence-corrected chi connectivity index (χ4v) is 3.77. The number of carbonyl (C=O) groups is 2. The van der Waals surface area contributed by atoms with E-state index in [1.807, 2.05) is 0 Å². The number of hydrogen-bond acceptors (Lipinski definition) is 6. The second-order valence-corrected chi connectivity index (χ2v) is 7.53. The Morgan fingerprint density at radius 3 is 2.50 bits per heavy atom. The van der Waals surface area contributed by atoms with Crippen LogP contribution in [0.15, 0.2) is 53.1 Å². The maximum Gasteiger partial charge on any atom is 0.287 e. The Bertz CT molecular complexity index is 886. The van der Waals surface area contributed by atoms with Crippen molar-refractivity contribution in [1.82, 2.24) is 10.6 Å². The highest BCUT2D eigenvalue weighted by molar-refractivity contribution is 7.90. The average Bonchev–Trinajstić information content (AvgIpc) is 3.14. The molecule has 0 fully saturated rings. The molecule has 1 aromatic heterocycles. The van der Waals surface area contributed by atoms with E-state index in [0.717, 1.165) is 0 Å². The van der Waals surface area contributed by atoms with Crippen LogP contribution in [0.3, 0.4) is 0 Å². The number of amides is 2. The van der Waals surface area contributed by atoms with Gasteiger partial charge in [-0.3, -0.25) is 9.59 Å². The van der Waals surface area contributed by atoms with Gasteiger partial charge in [0.15, 0.2) is 15.6 Å². The number of nitriles is 1. The molecule has 2 rings (SSSR count). The van der Waals surface area contributed by atoms with Gasteiger partial charge in [0.1, 0.15) is 12.6 Å². The lowest BCUT2D eigenvalue weighted by Crippen LogP contribution is -2.50. The summed E-state index contributed by atoms with van der Waals surface area (Å²) in [5.74, 6) is -2.41. The summed E-state index contributed by atoms with van der Waals surface area (Å²) in [5, 5.41) is 13.2. The first-order valence-corrected chi connectivity index (χ1v) is 9.47. The standard InChI is InChI=1S/C17H17N3O5S/c18-8-9-19-16(21)14(20-17(22)15-7-4-10-25-15)12-26(23,24)11-13-5-2-1-3-6-13/h1-7,10,14H,9,11-12H2,(H,19,21)(H,20,22)/t14-/m0/s1. The van der Waals surface area contributed by atoms with Gasteiger partial charge >= 0.3 is 0 Å². The number of sulfone groups is 1. The number of rotatable bonds is 8. The molecule has 2 amide bonds. The van der Waals surface area contributed by atoms with Crippen molar-refractivity contribution in [3.63, 3.8) is 0 Å². The van der Waals surface area contributed by atoms with E-state index in [4.69, 9.17) is 9.68 Å². The molecule has 0 saturated carbocycles. The van der Waals surface area contributed by atoms with Crippen molar-refractivity contribution >= 4 is 21.7 Å². The average molecular weight is 375 g/mol. The fourth-order valence-electron chi connectivity index (χ4n) is 2.21. The van der Waals surface area contributed by atoms with Crippen LogP contribution in [0, 0.1) is 11.3 Å². The summed E-state index contributed by atoms with van der Waals surface area (Å²) in [5.41, 5.74) is 0.570. The second kappa shape index (κ2) is 8.82. The van der Waals surface area contributed by atoms with Gasteiger partial charge in [0.2, 0.25) is 5.91 Å². The smallest absolute Gasteiger partial charge is 0.287 e. The van der Waals surface area contributed by atoms with Crippen molar-refractivity contribution in [2.45, 2.75) is 11.8 Å². The maximum atomic E-state index is 12.4. The minimum atomic E-state index is -3.71. The third kappa shape index (κ3) is 5.75.